The summed E-state index contributed by atoms with van der Waals surface area (Å²) in [5.41, 5.74) is 0.140. The quantitative estimate of drug-likeness (QED) is 0.572. The van der Waals surface area contributed by atoms with E-state index in [4.69, 9.17) is 4.74 Å². The lowest BCUT2D eigenvalue weighted by Crippen LogP contribution is -2.33. The minimum Gasteiger partial charge on any atom is -0.471 e. The molecule has 1 aromatic rings. The molecule has 1 aliphatic rings. The van der Waals surface area contributed by atoms with E-state index in [0.29, 0.717) is 18.4 Å². The number of rotatable bonds is 7. The summed E-state index contributed by atoms with van der Waals surface area (Å²) in [6.07, 6.45) is -1.70. The predicted octanol–water partition coefficient (Wildman–Crippen LogP) is 3.17. The number of carbonyl (C=O) groups is 1. The molecular weight excluding hydrogens is 306 g/mol. The second-order valence-electron chi connectivity index (χ2n) is 5.31. The molecule has 0 aliphatic heterocycles. The van der Waals surface area contributed by atoms with Gasteiger partial charge in [-0.1, -0.05) is 6.92 Å². The minimum atomic E-state index is -4.25. The van der Waals surface area contributed by atoms with E-state index in [1.54, 1.807) is 0 Å². The topological polar surface area (TPSA) is 48.4 Å². The third-order valence-corrected chi connectivity index (χ3v) is 3.41. The van der Waals surface area contributed by atoms with Crippen molar-refractivity contribution in [2.45, 2.75) is 25.7 Å². The number of hydrogen-bond donors (Lipinski definition) is 0. The van der Waals surface area contributed by atoms with Crippen molar-refractivity contribution in [3.63, 3.8) is 0 Å². The van der Waals surface area contributed by atoms with Crippen LogP contribution in [0.4, 0.5) is 17.6 Å². The van der Waals surface area contributed by atoms with Crippen molar-refractivity contribution >= 4 is 5.97 Å². The zero-order valence-electron chi connectivity index (χ0n) is 11.8. The molecule has 0 saturated heterocycles. The van der Waals surface area contributed by atoms with Crippen LogP contribution < -0.4 is 4.74 Å². The van der Waals surface area contributed by atoms with Crippen LogP contribution in [0.25, 0.3) is 0 Å². The average molecular weight is 321 g/mol. The van der Waals surface area contributed by atoms with Crippen LogP contribution in [0, 0.1) is 11.8 Å². The Hall–Kier alpha value is -1.86. The number of ether oxygens (including phenoxy) is 2. The Balaban J connectivity index is 1.83. The van der Waals surface area contributed by atoms with E-state index in [0.717, 1.165) is 18.7 Å². The molecule has 4 nitrogen and oxygen atoms in total. The Morgan fingerprint density at radius 2 is 2.14 bits per heavy atom. The third kappa shape index (κ3) is 4.32. The number of hydrogen-bond acceptors (Lipinski definition) is 4. The maximum absolute atomic E-state index is 12.7. The van der Waals surface area contributed by atoms with Gasteiger partial charge in [0.1, 0.15) is 0 Å². The van der Waals surface area contributed by atoms with Crippen molar-refractivity contribution in [2.24, 2.45) is 11.8 Å². The Morgan fingerprint density at radius 1 is 1.45 bits per heavy atom. The molecule has 0 amide bonds. The fraction of sp³-hybridized carbons (Fsp3) is 0.571. The Labute approximate surface area is 124 Å². The molecule has 0 N–H and O–H groups in total. The highest BCUT2D eigenvalue weighted by Gasteiger charge is 2.41. The van der Waals surface area contributed by atoms with Gasteiger partial charge in [0.2, 0.25) is 5.88 Å². The summed E-state index contributed by atoms with van der Waals surface area (Å²) >= 11 is 0. The number of nitrogens with zero attached hydrogens (tertiary/aromatic N) is 1. The standard InChI is InChI=1S/C14H15F4NO3/c1-8-4-10(8)6-21-12(20)9-2-3-11(19-5-9)22-7-14(17,18)13(15)16/h2-3,5,8,10,13H,4,6-7H2,1H3. The van der Waals surface area contributed by atoms with E-state index >= 15 is 0 Å². The van der Waals surface area contributed by atoms with Crippen molar-refractivity contribution in [1.82, 2.24) is 4.98 Å². The van der Waals surface area contributed by atoms with Crippen LogP contribution in [0.2, 0.25) is 0 Å². The molecule has 8 heteroatoms. The highest BCUT2D eigenvalue weighted by Crippen LogP contribution is 2.37. The Morgan fingerprint density at radius 3 is 2.64 bits per heavy atom. The molecule has 1 heterocycles. The first-order valence-corrected chi connectivity index (χ1v) is 6.71. The van der Waals surface area contributed by atoms with Gasteiger partial charge in [-0.3, -0.25) is 0 Å². The molecule has 2 unspecified atom stereocenters. The summed E-state index contributed by atoms with van der Waals surface area (Å²) in [6.45, 7) is 0.904. The van der Waals surface area contributed by atoms with Crippen LogP contribution in [0.15, 0.2) is 18.3 Å². The largest absolute Gasteiger partial charge is 0.471 e. The number of aromatic nitrogens is 1. The lowest BCUT2D eigenvalue weighted by Gasteiger charge is -2.15. The molecule has 0 aromatic carbocycles. The number of alkyl halides is 4. The second-order valence-corrected chi connectivity index (χ2v) is 5.31. The van der Waals surface area contributed by atoms with Gasteiger partial charge in [0.25, 0.3) is 0 Å². The summed E-state index contributed by atoms with van der Waals surface area (Å²) in [6, 6.07) is 2.43. The Kier molecular flexibility index (Phi) is 4.87. The molecule has 0 spiro atoms. The van der Waals surface area contributed by atoms with Gasteiger partial charge in [-0.25, -0.2) is 18.6 Å². The van der Waals surface area contributed by atoms with E-state index in [-0.39, 0.29) is 11.4 Å². The minimum absolute atomic E-state index is 0.140. The maximum atomic E-state index is 12.7. The fourth-order valence-electron chi connectivity index (χ4n) is 1.72. The van der Waals surface area contributed by atoms with Gasteiger partial charge in [-0.15, -0.1) is 0 Å². The van der Waals surface area contributed by atoms with Crippen molar-refractivity contribution in [2.75, 3.05) is 13.2 Å². The van der Waals surface area contributed by atoms with Crippen LogP contribution >= 0.6 is 0 Å². The second kappa shape index (κ2) is 6.50. The molecule has 1 aliphatic carbocycles. The summed E-state index contributed by atoms with van der Waals surface area (Å²) in [5.74, 6) is -4.15. The molecule has 22 heavy (non-hydrogen) atoms. The summed E-state index contributed by atoms with van der Waals surface area (Å²) in [4.78, 5) is 15.3. The first-order chi connectivity index (χ1) is 10.3. The van der Waals surface area contributed by atoms with Crippen LogP contribution in [0.3, 0.4) is 0 Å². The lowest BCUT2D eigenvalue weighted by atomic mass is 10.3. The van der Waals surface area contributed by atoms with Gasteiger partial charge < -0.3 is 9.47 Å². The molecule has 122 valence electrons. The van der Waals surface area contributed by atoms with Gasteiger partial charge in [-0.2, -0.15) is 8.78 Å². The average Bonchev–Trinajstić information content (AvgIpc) is 3.19. The number of esters is 1. The summed E-state index contributed by atoms with van der Waals surface area (Å²) < 4.78 is 58.8. The smallest absolute Gasteiger partial charge is 0.340 e. The van der Waals surface area contributed by atoms with Crippen LogP contribution in [-0.2, 0) is 4.74 Å². The molecular formula is C14H15F4NO3. The first-order valence-electron chi connectivity index (χ1n) is 6.71. The highest BCUT2D eigenvalue weighted by molar-refractivity contribution is 5.89. The highest BCUT2D eigenvalue weighted by atomic mass is 19.3. The van der Waals surface area contributed by atoms with E-state index in [2.05, 4.69) is 16.6 Å². The van der Waals surface area contributed by atoms with Gasteiger partial charge >= 0.3 is 18.3 Å². The summed E-state index contributed by atoms with van der Waals surface area (Å²) in [5, 5.41) is 0. The van der Waals surface area contributed by atoms with Crippen LogP contribution in [0.5, 0.6) is 5.88 Å². The van der Waals surface area contributed by atoms with Crippen molar-refractivity contribution < 1.29 is 31.8 Å². The zero-order valence-corrected chi connectivity index (χ0v) is 11.8. The summed E-state index contributed by atoms with van der Waals surface area (Å²) in [7, 11) is 0. The predicted molar refractivity (Wildman–Crippen MR) is 68.2 cm³/mol. The van der Waals surface area contributed by atoms with Gasteiger partial charge in [0.05, 0.1) is 12.2 Å². The van der Waals surface area contributed by atoms with E-state index in [1.807, 2.05) is 0 Å². The number of carbonyl (C=O) groups excluding carboxylic acids is 1. The van der Waals surface area contributed by atoms with E-state index in [1.165, 1.54) is 6.07 Å². The van der Waals surface area contributed by atoms with Crippen LogP contribution in [0.1, 0.15) is 23.7 Å². The number of pyridine rings is 1. The normalized spacial score (nSPS) is 20.8. The maximum Gasteiger partial charge on any atom is 0.340 e. The molecule has 1 aromatic heterocycles. The first kappa shape index (κ1) is 16.5. The zero-order chi connectivity index (χ0) is 16.3. The molecule has 0 bridgehead atoms. The third-order valence-electron chi connectivity index (χ3n) is 3.41. The van der Waals surface area contributed by atoms with Crippen molar-refractivity contribution in [3.8, 4) is 5.88 Å². The SMILES string of the molecule is CC1CC1COC(=O)c1ccc(OCC(F)(F)C(F)F)nc1. The van der Waals surface area contributed by atoms with E-state index in [9.17, 15) is 22.4 Å². The number of halogens is 4. The molecule has 1 saturated carbocycles. The molecule has 0 radical (unpaired) electrons. The van der Waals surface area contributed by atoms with Crippen molar-refractivity contribution in [1.29, 1.82) is 0 Å². The fourth-order valence-corrected chi connectivity index (χ4v) is 1.72. The monoisotopic (exact) mass is 321 g/mol. The lowest BCUT2D eigenvalue weighted by molar-refractivity contribution is -0.148. The van der Waals surface area contributed by atoms with Gasteiger partial charge in [-0.05, 0) is 24.3 Å². The van der Waals surface area contributed by atoms with Gasteiger partial charge in [0.15, 0.2) is 6.61 Å². The van der Waals surface area contributed by atoms with Crippen LogP contribution in [-0.4, -0.2) is 36.5 Å². The molecule has 1 fully saturated rings. The Bertz CT molecular complexity index is 521. The molecule has 2 atom stereocenters. The molecule has 2 rings (SSSR count). The van der Waals surface area contributed by atoms with Gasteiger partial charge in [0, 0.05) is 12.3 Å². The van der Waals surface area contributed by atoms with Crippen molar-refractivity contribution in [3.05, 3.63) is 23.9 Å². The van der Waals surface area contributed by atoms with E-state index < -0.39 is 24.9 Å².